The molecule has 0 aliphatic carbocycles. The minimum Gasteiger partial charge on any atom is -0.464 e. The van der Waals surface area contributed by atoms with Crippen molar-refractivity contribution >= 4 is 5.97 Å². The second-order valence-electron chi connectivity index (χ2n) is 4.06. The van der Waals surface area contributed by atoms with Crippen molar-refractivity contribution in [1.82, 2.24) is 4.90 Å². The predicted molar refractivity (Wildman–Crippen MR) is 56.1 cm³/mol. The largest absolute Gasteiger partial charge is 0.464 e. The van der Waals surface area contributed by atoms with E-state index in [9.17, 15) is 4.79 Å². The summed E-state index contributed by atoms with van der Waals surface area (Å²) in [7, 11) is 2.09. The molecule has 1 aliphatic rings. The number of hydrogen-bond acceptors (Lipinski definition) is 3. The molecule has 3 heteroatoms. The Hall–Kier alpha value is -0.570. The number of esters is 1. The van der Waals surface area contributed by atoms with Crippen LogP contribution in [0.5, 0.6) is 0 Å². The number of likely N-dealkylation sites (N-methyl/N-ethyl adjacent to an activating group) is 1. The summed E-state index contributed by atoms with van der Waals surface area (Å²) in [5.74, 6) is -0.0350. The molecule has 82 valence electrons. The Morgan fingerprint density at radius 1 is 1.57 bits per heavy atom. The summed E-state index contributed by atoms with van der Waals surface area (Å²) in [6, 6.07) is 0.459. The molecule has 0 aromatic rings. The third-order valence-electron chi connectivity index (χ3n) is 2.84. The minimum absolute atomic E-state index is 0.0350. The van der Waals surface area contributed by atoms with Crippen molar-refractivity contribution in [1.29, 1.82) is 0 Å². The van der Waals surface area contributed by atoms with Crippen LogP contribution in [0.1, 0.15) is 39.0 Å². The molecule has 0 radical (unpaired) electrons. The topological polar surface area (TPSA) is 29.5 Å². The number of ether oxygens (including phenoxy) is 1. The van der Waals surface area contributed by atoms with E-state index >= 15 is 0 Å². The van der Waals surface area contributed by atoms with Crippen LogP contribution in [0, 0.1) is 0 Å². The van der Waals surface area contributed by atoms with Crippen LogP contribution in [-0.4, -0.2) is 37.1 Å². The van der Waals surface area contributed by atoms with Crippen molar-refractivity contribution in [3.8, 4) is 0 Å². The van der Waals surface area contributed by atoms with Gasteiger partial charge in [0.15, 0.2) is 0 Å². The number of unbranched alkanes of at least 4 members (excludes halogenated alkanes) is 1. The van der Waals surface area contributed by atoms with E-state index < -0.39 is 0 Å². The highest BCUT2D eigenvalue weighted by Gasteiger charge is 2.21. The zero-order valence-electron chi connectivity index (χ0n) is 9.29. The first-order chi connectivity index (χ1) is 6.74. The number of carbonyl (C=O) groups excluding carboxylic acids is 1. The van der Waals surface area contributed by atoms with Crippen molar-refractivity contribution in [2.45, 2.75) is 45.1 Å². The molecule has 0 aromatic carbocycles. The van der Waals surface area contributed by atoms with Crippen LogP contribution in [-0.2, 0) is 9.53 Å². The summed E-state index contributed by atoms with van der Waals surface area (Å²) >= 11 is 0. The maximum absolute atomic E-state index is 11.2. The summed E-state index contributed by atoms with van der Waals surface area (Å²) in [5.41, 5.74) is 0. The van der Waals surface area contributed by atoms with Crippen LogP contribution in [0.25, 0.3) is 0 Å². The molecular formula is C11H21NO2. The van der Waals surface area contributed by atoms with E-state index in [1.54, 1.807) is 0 Å². The van der Waals surface area contributed by atoms with Gasteiger partial charge in [0.25, 0.3) is 0 Å². The number of nitrogens with zero attached hydrogens (tertiary/aromatic N) is 1. The second kappa shape index (κ2) is 6.02. The molecule has 0 unspecified atom stereocenters. The van der Waals surface area contributed by atoms with Crippen LogP contribution < -0.4 is 0 Å². The molecule has 3 nitrogen and oxygen atoms in total. The van der Waals surface area contributed by atoms with E-state index in [4.69, 9.17) is 4.74 Å². The first-order valence-electron chi connectivity index (χ1n) is 5.60. The molecule has 1 heterocycles. The van der Waals surface area contributed by atoms with Gasteiger partial charge in [0.05, 0.1) is 0 Å². The van der Waals surface area contributed by atoms with Crippen LogP contribution in [0.15, 0.2) is 0 Å². The van der Waals surface area contributed by atoms with Crippen molar-refractivity contribution in [3.63, 3.8) is 0 Å². The fraction of sp³-hybridized carbons (Fsp3) is 0.909. The lowest BCUT2D eigenvalue weighted by Gasteiger charge is -2.18. The Morgan fingerprint density at radius 3 is 2.93 bits per heavy atom. The summed E-state index contributed by atoms with van der Waals surface area (Å²) in [4.78, 5) is 13.5. The first kappa shape index (κ1) is 11.5. The van der Waals surface area contributed by atoms with Crippen LogP contribution in [0.2, 0.25) is 0 Å². The Labute approximate surface area is 86.4 Å². The third kappa shape index (κ3) is 3.66. The molecule has 14 heavy (non-hydrogen) atoms. The molecule has 0 bridgehead atoms. The van der Waals surface area contributed by atoms with E-state index in [-0.39, 0.29) is 5.97 Å². The highest BCUT2D eigenvalue weighted by molar-refractivity contribution is 5.69. The zero-order chi connectivity index (χ0) is 10.4. The lowest BCUT2D eigenvalue weighted by Crippen LogP contribution is -2.30. The highest BCUT2D eigenvalue weighted by Crippen LogP contribution is 2.14. The summed E-state index contributed by atoms with van der Waals surface area (Å²) in [6.45, 7) is 3.80. The van der Waals surface area contributed by atoms with Gasteiger partial charge in [0.2, 0.25) is 0 Å². The molecule has 0 saturated carbocycles. The van der Waals surface area contributed by atoms with E-state index in [1.165, 1.54) is 6.42 Å². The molecular weight excluding hydrogens is 178 g/mol. The molecule has 0 spiro atoms. The smallest absolute Gasteiger partial charge is 0.305 e. The van der Waals surface area contributed by atoms with Crippen LogP contribution in [0.4, 0.5) is 0 Å². The third-order valence-corrected chi connectivity index (χ3v) is 2.84. The average molecular weight is 199 g/mol. The quantitative estimate of drug-likeness (QED) is 0.632. The van der Waals surface area contributed by atoms with Crippen molar-refractivity contribution in [2.75, 3.05) is 20.2 Å². The van der Waals surface area contributed by atoms with Crippen molar-refractivity contribution < 1.29 is 9.53 Å². The molecule has 1 atom stereocenters. The molecule has 0 N–H and O–H groups in total. The van der Waals surface area contributed by atoms with Gasteiger partial charge >= 0.3 is 5.97 Å². The molecule has 1 fully saturated rings. The fourth-order valence-electron chi connectivity index (χ4n) is 1.77. The molecule has 0 aromatic heterocycles. The Balaban J connectivity index is 2.10. The van der Waals surface area contributed by atoms with Crippen LogP contribution in [0.3, 0.4) is 0 Å². The number of hydrogen-bond donors (Lipinski definition) is 0. The van der Waals surface area contributed by atoms with Crippen molar-refractivity contribution in [2.24, 2.45) is 0 Å². The predicted octanol–water partition coefficient (Wildman–Crippen LogP) is 1.81. The van der Waals surface area contributed by atoms with E-state index in [2.05, 4.69) is 18.9 Å². The van der Waals surface area contributed by atoms with Gasteiger partial charge < -0.3 is 9.64 Å². The SMILES string of the molecule is CCCCC(=O)OC[C@@H]1CCCN1C. The average Bonchev–Trinajstić information content (AvgIpc) is 2.58. The van der Waals surface area contributed by atoms with Gasteiger partial charge in [-0.1, -0.05) is 13.3 Å². The van der Waals surface area contributed by atoms with Crippen LogP contribution >= 0.6 is 0 Å². The molecule has 1 saturated heterocycles. The summed E-state index contributed by atoms with van der Waals surface area (Å²) in [5, 5.41) is 0. The maximum Gasteiger partial charge on any atom is 0.305 e. The molecule has 1 aliphatic heterocycles. The lowest BCUT2D eigenvalue weighted by atomic mass is 10.2. The maximum atomic E-state index is 11.2. The fourth-order valence-corrected chi connectivity index (χ4v) is 1.77. The Morgan fingerprint density at radius 2 is 2.36 bits per heavy atom. The number of carbonyl (C=O) groups is 1. The van der Waals surface area contributed by atoms with E-state index in [1.807, 2.05) is 0 Å². The van der Waals surface area contributed by atoms with Gasteiger partial charge in [-0.2, -0.15) is 0 Å². The van der Waals surface area contributed by atoms with E-state index in [0.717, 1.165) is 25.8 Å². The second-order valence-corrected chi connectivity index (χ2v) is 4.06. The number of rotatable bonds is 5. The Bertz CT molecular complexity index is 182. The van der Waals surface area contributed by atoms with Crippen molar-refractivity contribution in [3.05, 3.63) is 0 Å². The van der Waals surface area contributed by atoms with Gasteiger partial charge in [-0.25, -0.2) is 0 Å². The zero-order valence-corrected chi connectivity index (χ0v) is 9.29. The van der Waals surface area contributed by atoms with Gasteiger partial charge in [0.1, 0.15) is 6.61 Å². The molecule has 0 amide bonds. The van der Waals surface area contributed by atoms with Gasteiger partial charge in [-0.15, -0.1) is 0 Å². The van der Waals surface area contributed by atoms with E-state index in [0.29, 0.717) is 19.1 Å². The number of likely N-dealkylation sites (tertiary alicyclic amines) is 1. The van der Waals surface area contributed by atoms with Gasteiger partial charge in [-0.3, -0.25) is 4.79 Å². The van der Waals surface area contributed by atoms with Gasteiger partial charge in [0, 0.05) is 12.5 Å². The van der Waals surface area contributed by atoms with Gasteiger partial charge in [-0.05, 0) is 32.9 Å². The first-order valence-corrected chi connectivity index (χ1v) is 5.60. The normalized spacial score (nSPS) is 22.6. The standard InChI is InChI=1S/C11H21NO2/c1-3-4-7-11(13)14-9-10-6-5-8-12(10)2/h10H,3-9H2,1-2H3/t10-/m0/s1. The Kier molecular flexibility index (Phi) is 4.94. The minimum atomic E-state index is -0.0350. The summed E-state index contributed by atoms with van der Waals surface area (Å²) < 4.78 is 5.22. The summed E-state index contributed by atoms with van der Waals surface area (Å²) in [6.07, 6.45) is 4.97. The molecule has 1 rings (SSSR count). The lowest BCUT2D eigenvalue weighted by molar-refractivity contribution is -0.145. The monoisotopic (exact) mass is 199 g/mol. The highest BCUT2D eigenvalue weighted by atomic mass is 16.5.